The molecule has 3 rings (SSSR count). The Morgan fingerprint density at radius 1 is 1.16 bits per heavy atom. The number of carbonyl (C=O) groups excluding carboxylic acids is 2. The first-order valence-electron chi connectivity index (χ1n) is 8.40. The van der Waals surface area contributed by atoms with Gasteiger partial charge in [0.15, 0.2) is 0 Å². The van der Waals surface area contributed by atoms with Gasteiger partial charge in [0.2, 0.25) is 0 Å². The molecule has 0 radical (unpaired) electrons. The predicted octanol–water partition coefficient (Wildman–Crippen LogP) is 2.42. The van der Waals surface area contributed by atoms with Gasteiger partial charge in [0.1, 0.15) is 18.0 Å². The Kier molecular flexibility index (Phi) is 4.49. The van der Waals surface area contributed by atoms with Crippen molar-refractivity contribution in [3.63, 3.8) is 0 Å². The molecule has 0 atom stereocenters. The second kappa shape index (κ2) is 6.46. The molecule has 0 spiro atoms. The number of carbonyl (C=O) groups is 2. The van der Waals surface area contributed by atoms with Gasteiger partial charge in [-0.1, -0.05) is 0 Å². The van der Waals surface area contributed by atoms with E-state index in [9.17, 15) is 9.59 Å². The number of nitrogens with zero attached hydrogens (tertiary/aromatic N) is 2. The Balaban J connectivity index is 1.72. The van der Waals surface area contributed by atoms with Crippen molar-refractivity contribution in [2.45, 2.75) is 33.0 Å². The Labute approximate surface area is 147 Å². The number of ether oxygens (including phenoxy) is 3. The van der Waals surface area contributed by atoms with Gasteiger partial charge >= 0.3 is 12.1 Å². The first kappa shape index (κ1) is 17.4. The first-order valence-corrected chi connectivity index (χ1v) is 8.40. The molecule has 1 aromatic rings. The highest BCUT2D eigenvalue weighted by Crippen LogP contribution is 2.38. The fourth-order valence-corrected chi connectivity index (χ4v) is 3.10. The van der Waals surface area contributed by atoms with E-state index in [0.717, 1.165) is 11.3 Å². The van der Waals surface area contributed by atoms with Crippen LogP contribution in [0.2, 0.25) is 0 Å². The summed E-state index contributed by atoms with van der Waals surface area (Å²) in [5, 5.41) is 0. The number of benzene rings is 1. The smallest absolute Gasteiger partial charge is 0.410 e. The molecular weight excluding hydrogens is 324 g/mol. The van der Waals surface area contributed by atoms with Gasteiger partial charge in [0.05, 0.1) is 18.4 Å². The molecule has 1 saturated heterocycles. The van der Waals surface area contributed by atoms with E-state index < -0.39 is 5.60 Å². The Morgan fingerprint density at radius 3 is 2.44 bits per heavy atom. The zero-order valence-electron chi connectivity index (χ0n) is 15.1. The van der Waals surface area contributed by atoms with Crippen molar-refractivity contribution < 1.29 is 23.8 Å². The molecule has 25 heavy (non-hydrogen) atoms. The molecule has 136 valence electrons. The highest BCUT2D eigenvalue weighted by Gasteiger charge is 2.30. The third kappa shape index (κ3) is 3.50. The zero-order valence-corrected chi connectivity index (χ0v) is 15.1. The summed E-state index contributed by atoms with van der Waals surface area (Å²) in [6, 6.07) is 3.66. The second-order valence-electron chi connectivity index (χ2n) is 7.17. The summed E-state index contributed by atoms with van der Waals surface area (Å²) in [5.41, 5.74) is 1.78. The molecule has 2 aliphatic rings. The molecule has 0 aromatic heterocycles. The SMILES string of the molecule is COc1c(N2CCN(C(=O)OC(C)(C)C)CC2)ccc2c1COC2=O. The van der Waals surface area contributed by atoms with Gasteiger partial charge in [-0.15, -0.1) is 0 Å². The van der Waals surface area contributed by atoms with E-state index in [2.05, 4.69) is 4.90 Å². The van der Waals surface area contributed by atoms with Gasteiger partial charge in [-0.3, -0.25) is 0 Å². The molecule has 7 nitrogen and oxygen atoms in total. The summed E-state index contributed by atoms with van der Waals surface area (Å²) in [6.07, 6.45) is -0.285. The average Bonchev–Trinajstić information content (AvgIpc) is 2.94. The quantitative estimate of drug-likeness (QED) is 0.765. The maximum atomic E-state index is 12.2. The number of rotatable bonds is 2. The van der Waals surface area contributed by atoms with Gasteiger partial charge in [0, 0.05) is 31.7 Å². The van der Waals surface area contributed by atoms with Crippen LogP contribution in [0, 0.1) is 0 Å². The Morgan fingerprint density at radius 2 is 1.84 bits per heavy atom. The van der Waals surface area contributed by atoms with E-state index in [1.807, 2.05) is 26.8 Å². The van der Waals surface area contributed by atoms with Crippen molar-refractivity contribution in [1.82, 2.24) is 4.90 Å². The van der Waals surface area contributed by atoms with Crippen molar-refractivity contribution in [2.24, 2.45) is 0 Å². The van der Waals surface area contributed by atoms with Crippen LogP contribution in [0.25, 0.3) is 0 Å². The standard InChI is InChI=1S/C18H24N2O5/c1-18(2,3)25-17(22)20-9-7-19(8-10-20)14-6-5-12-13(15(14)23-4)11-24-16(12)21/h5-6H,7-11H2,1-4H3. The van der Waals surface area contributed by atoms with E-state index in [1.54, 1.807) is 18.1 Å². The number of hydrogen-bond donors (Lipinski definition) is 0. The summed E-state index contributed by atoms with van der Waals surface area (Å²) in [6.45, 7) is 8.31. The molecule has 7 heteroatoms. The minimum atomic E-state index is -0.496. The largest absolute Gasteiger partial charge is 0.494 e. The van der Waals surface area contributed by atoms with Gasteiger partial charge in [-0.25, -0.2) is 9.59 Å². The van der Waals surface area contributed by atoms with Crippen LogP contribution in [0.15, 0.2) is 12.1 Å². The molecule has 1 amide bonds. The van der Waals surface area contributed by atoms with E-state index in [1.165, 1.54) is 0 Å². The summed E-state index contributed by atoms with van der Waals surface area (Å²) in [5.74, 6) is 0.365. The summed E-state index contributed by atoms with van der Waals surface area (Å²) in [4.78, 5) is 27.8. The molecule has 0 aliphatic carbocycles. The van der Waals surface area contributed by atoms with E-state index in [4.69, 9.17) is 14.2 Å². The van der Waals surface area contributed by atoms with Gasteiger partial charge in [-0.05, 0) is 32.9 Å². The monoisotopic (exact) mass is 348 g/mol. The molecule has 2 heterocycles. The van der Waals surface area contributed by atoms with Gasteiger partial charge < -0.3 is 24.0 Å². The van der Waals surface area contributed by atoms with Crippen LogP contribution in [-0.4, -0.2) is 55.9 Å². The number of piperazine rings is 1. The fraction of sp³-hybridized carbons (Fsp3) is 0.556. The molecule has 0 saturated carbocycles. The zero-order chi connectivity index (χ0) is 18.2. The number of cyclic esters (lactones) is 1. The molecule has 1 fully saturated rings. The van der Waals surface area contributed by atoms with Crippen LogP contribution in [0.5, 0.6) is 5.75 Å². The van der Waals surface area contributed by atoms with Crippen molar-refractivity contribution in [3.8, 4) is 5.75 Å². The molecule has 0 bridgehead atoms. The lowest BCUT2D eigenvalue weighted by molar-refractivity contribution is 0.0240. The van der Waals surface area contributed by atoms with E-state index >= 15 is 0 Å². The number of anilines is 1. The second-order valence-corrected chi connectivity index (χ2v) is 7.17. The number of amides is 1. The third-order valence-corrected chi connectivity index (χ3v) is 4.28. The lowest BCUT2D eigenvalue weighted by Gasteiger charge is -2.37. The molecule has 2 aliphatic heterocycles. The summed E-state index contributed by atoms with van der Waals surface area (Å²) >= 11 is 0. The molecule has 0 N–H and O–H groups in total. The molecule has 1 aromatic carbocycles. The van der Waals surface area contributed by atoms with Crippen molar-refractivity contribution in [1.29, 1.82) is 0 Å². The normalized spacial score (nSPS) is 17.2. The topological polar surface area (TPSA) is 68.3 Å². The number of methoxy groups -OCH3 is 1. The Bertz CT molecular complexity index is 687. The van der Waals surface area contributed by atoms with Crippen LogP contribution >= 0.6 is 0 Å². The number of fused-ring (bicyclic) bond motifs is 1. The number of hydrogen-bond acceptors (Lipinski definition) is 6. The van der Waals surface area contributed by atoms with Crippen LogP contribution in [0.1, 0.15) is 36.7 Å². The van der Waals surface area contributed by atoms with Crippen molar-refractivity contribution in [3.05, 3.63) is 23.3 Å². The molecular formula is C18H24N2O5. The number of esters is 1. The third-order valence-electron chi connectivity index (χ3n) is 4.28. The van der Waals surface area contributed by atoms with Gasteiger partial charge in [-0.2, -0.15) is 0 Å². The van der Waals surface area contributed by atoms with Crippen LogP contribution in [0.4, 0.5) is 10.5 Å². The van der Waals surface area contributed by atoms with Gasteiger partial charge in [0.25, 0.3) is 0 Å². The van der Waals surface area contributed by atoms with Crippen molar-refractivity contribution >= 4 is 17.7 Å². The molecule has 0 unspecified atom stereocenters. The maximum Gasteiger partial charge on any atom is 0.410 e. The van der Waals surface area contributed by atoms with E-state index in [0.29, 0.717) is 37.5 Å². The van der Waals surface area contributed by atoms with E-state index in [-0.39, 0.29) is 18.7 Å². The van der Waals surface area contributed by atoms with Crippen LogP contribution < -0.4 is 9.64 Å². The Hall–Kier alpha value is -2.44. The summed E-state index contributed by atoms with van der Waals surface area (Å²) < 4.78 is 16.1. The minimum Gasteiger partial charge on any atom is -0.494 e. The fourth-order valence-electron chi connectivity index (χ4n) is 3.10. The highest BCUT2D eigenvalue weighted by molar-refractivity contribution is 5.95. The lowest BCUT2D eigenvalue weighted by atomic mass is 10.1. The van der Waals surface area contributed by atoms with Crippen LogP contribution in [0.3, 0.4) is 0 Å². The average molecular weight is 348 g/mol. The highest BCUT2D eigenvalue weighted by atomic mass is 16.6. The maximum absolute atomic E-state index is 12.2. The van der Waals surface area contributed by atoms with Crippen LogP contribution in [-0.2, 0) is 16.1 Å². The minimum absolute atomic E-state index is 0.239. The first-order chi connectivity index (χ1) is 11.8. The lowest BCUT2D eigenvalue weighted by Crippen LogP contribution is -2.50. The predicted molar refractivity (Wildman–Crippen MR) is 92.1 cm³/mol. The van der Waals surface area contributed by atoms with Crippen molar-refractivity contribution in [2.75, 3.05) is 38.2 Å². The summed E-state index contributed by atoms with van der Waals surface area (Å²) in [7, 11) is 1.60.